The highest BCUT2D eigenvalue weighted by atomic mass is 19.3. The zero-order chi connectivity index (χ0) is 10.1. The molecule has 0 heterocycles. The van der Waals surface area contributed by atoms with Crippen molar-refractivity contribution in [3.05, 3.63) is 35.5 Å². The predicted molar refractivity (Wildman–Crippen MR) is 50.8 cm³/mol. The number of allylic oxidation sites excluding steroid dienone is 6. The summed E-state index contributed by atoms with van der Waals surface area (Å²) in [4.78, 5) is 0. The van der Waals surface area contributed by atoms with Gasteiger partial charge in [0.1, 0.15) is 0 Å². The molecule has 0 saturated carbocycles. The molecule has 0 atom stereocenters. The lowest BCUT2D eigenvalue weighted by Gasteiger charge is -2.21. The molecule has 0 N–H and O–H groups in total. The second kappa shape index (κ2) is 3.44. The lowest BCUT2D eigenvalue weighted by Crippen LogP contribution is -2.21. The van der Waals surface area contributed by atoms with Crippen LogP contribution in [-0.2, 0) is 0 Å². The number of rotatable bonds is 1. The van der Waals surface area contributed by atoms with Crippen LogP contribution in [-0.4, -0.2) is 6.43 Å². The lowest BCUT2D eigenvalue weighted by molar-refractivity contribution is 0.0676. The number of hydrogen-bond donors (Lipinski definition) is 0. The molecule has 0 aromatic carbocycles. The SMILES string of the molecule is CC1=CC(C)(C(F)F)C=C(C)C=C1. The van der Waals surface area contributed by atoms with Gasteiger partial charge in [0.25, 0.3) is 6.43 Å². The van der Waals surface area contributed by atoms with Crippen molar-refractivity contribution in [2.75, 3.05) is 0 Å². The molecule has 0 aromatic rings. The van der Waals surface area contributed by atoms with Crippen LogP contribution in [0.5, 0.6) is 0 Å². The van der Waals surface area contributed by atoms with E-state index < -0.39 is 11.8 Å². The maximum Gasteiger partial charge on any atom is 0.250 e. The molecule has 1 aliphatic rings. The van der Waals surface area contributed by atoms with Crippen molar-refractivity contribution in [1.82, 2.24) is 0 Å². The third-order valence-corrected chi connectivity index (χ3v) is 2.16. The fourth-order valence-corrected chi connectivity index (χ4v) is 1.51. The maximum atomic E-state index is 12.7. The van der Waals surface area contributed by atoms with Crippen LogP contribution in [0.1, 0.15) is 20.8 Å². The Bertz CT molecular complexity index is 260. The summed E-state index contributed by atoms with van der Waals surface area (Å²) in [5.41, 5.74) is 0.657. The largest absolute Gasteiger partial charge is 0.250 e. The quantitative estimate of drug-likeness (QED) is 0.582. The summed E-state index contributed by atoms with van der Waals surface area (Å²) in [6, 6.07) is 0. The minimum absolute atomic E-state index is 0.885. The Balaban J connectivity index is 3.11. The first-order valence-electron chi connectivity index (χ1n) is 4.29. The Labute approximate surface area is 77.6 Å². The van der Waals surface area contributed by atoms with Crippen molar-refractivity contribution in [1.29, 1.82) is 0 Å². The van der Waals surface area contributed by atoms with E-state index in [1.807, 2.05) is 26.0 Å². The highest BCUT2D eigenvalue weighted by Crippen LogP contribution is 2.33. The van der Waals surface area contributed by atoms with Crippen molar-refractivity contribution in [3.63, 3.8) is 0 Å². The predicted octanol–water partition coefficient (Wildman–Crippen LogP) is 3.72. The summed E-state index contributed by atoms with van der Waals surface area (Å²) >= 11 is 0. The molecule has 2 heteroatoms. The van der Waals surface area contributed by atoms with Crippen LogP contribution in [0.3, 0.4) is 0 Å². The highest BCUT2D eigenvalue weighted by molar-refractivity contribution is 5.34. The molecule has 0 unspecified atom stereocenters. The summed E-state index contributed by atoms with van der Waals surface area (Å²) in [5.74, 6) is 0. The third-order valence-electron chi connectivity index (χ3n) is 2.16. The van der Waals surface area contributed by atoms with Gasteiger partial charge >= 0.3 is 0 Å². The number of hydrogen-bond acceptors (Lipinski definition) is 0. The molecule has 0 bridgehead atoms. The Morgan fingerprint density at radius 2 is 1.46 bits per heavy atom. The summed E-state index contributed by atoms with van der Waals surface area (Å²) in [7, 11) is 0. The van der Waals surface area contributed by atoms with Gasteiger partial charge in [-0.15, -0.1) is 0 Å². The van der Waals surface area contributed by atoms with Gasteiger partial charge in [0.2, 0.25) is 0 Å². The normalized spacial score (nSPS) is 21.1. The van der Waals surface area contributed by atoms with Crippen LogP contribution < -0.4 is 0 Å². The van der Waals surface area contributed by atoms with Gasteiger partial charge in [-0.3, -0.25) is 0 Å². The zero-order valence-corrected chi connectivity index (χ0v) is 8.14. The second-order valence-corrected chi connectivity index (χ2v) is 3.78. The summed E-state index contributed by atoms with van der Waals surface area (Å²) in [5, 5.41) is 0. The fraction of sp³-hybridized carbons (Fsp3) is 0.455. The molecule has 0 saturated heterocycles. The van der Waals surface area contributed by atoms with Crippen LogP contribution in [0.4, 0.5) is 8.78 Å². The molecule has 0 nitrogen and oxygen atoms in total. The van der Waals surface area contributed by atoms with Gasteiger partial charge in [0, 0.05) is 0 Å². The van der Waals surface area contributed by atoms with E-state index >= 15 is 0 Å². The first-order valence-corrected chi connectivity index (χ1v) is 4.29. The Morgan fingerprint density at radius 1 is 1.08 bits per heavy atom. The molecule has 0 spiro atoms. The Kier molecular flexibility index (Phi) is 2.69. The number of halogens is 2. The van der Waals surface area contributed by atoms with E-state index in [-0.39, 0.29) is 0 Å². The third kappa shape index (κ3) is 2.27. The van der Waals surface area contributed by atoms with Gasteiger partial charge in [-0.05, 0) is 20.8 Å². The molecule has 1 rings (SSSR count). The molecule has 0 aliphatic heterocycles. The fourth-order valence-electron chi connectivity index (χ4n) is 1.51. The topological polar surface area (TPSA) is 0 Å². The van der Waals surface area contributed by atoms with Crippen LogP contribution in [0.25, 0.3) is 0 Å². The zero-order valence-electron chi connectivity index (χ0n) is 8.14. The van der Waals surface area contributed by atoms with Crippen molar-refractivity contribution >= 4 is 0 Å². The van der Waals surface area contributed by atoms with Gasteiger partial charge in [0.05, 0.1) is 5.41 Å². The molecule has 0 aromatic heterocycles. The van der Waals surface area contributed by atoms with Gasteiger partial charge in [-0.25, -0.2) is 8.78 Å². The van der Waals surface area contributed by atoms with Crippen molar-refractivity contribution < 1.29 is 8.78 Å². The average Bonchev–Trinajstić information content (AvgIpc) is 2.11. The standard InChI is InChI=1S/C11H14F2/c1-8-4-5-9(2)7-11(3,6-8)10(12)13/h4-7,10H,1-3H3. The molecule has 0 radical (unpaired) electrons. The van der Waals surface area contributed by atoms with Gasteiger partial charge in [-0.2, -0.15) is 0 Å². The van der Waals surface area contributed by atoms with E-state index in [1.54, 1.807) is 19.1 Å². The average molecular weight is 184 g/mol. The first-order chi connectivity index (χ1) is 5.94. The van der Waals surface area contributed by atoms with E-state index in [4.69, 9.17) is 0 Å². The molecule has 0 amide bonds. The smallest absolute Gasteiger partial charge is 0.209 e. The van der Waals surface area contributed by atoms with Crippen LogP contribution in [0.15, 0.2) is 35.5 Å². The molecular formula is C11H14F2. The summed E-state index contributed by atoms with van der Waals surface area (Å²) < 4.78 is 25.4. The highest BCUT2D eigenvalue weighted by Gasteiger charge is 2.30. The van der Waals surface area contributed by atoms with E-state index in [9.17, 15) is 8.78 Å². The minimum atomic E-state index is -2.35. The van der Waals surface area contributed by atoms with Gasteiger partial charge < -0.3 is 0 Å². The van der Waals surface area contributed by atoms with Crippen LogP contribution >= 0.6 is 0 Å². The minimum Gasteiger partial charge on any atom is -0.209 e. The van der Waals surface area contributed by atoms with Crippen molar-refractivity contribution in [3.8, 4) is 0 Å². The second-order valence-electron chi connectivity index (χ2n) is 3.78. The van der Waals surface area contributed by atoms with Gasteiger partial charge in [-0.1, -0.05) is 35.5 Å². The monoisotopic (exact) mass is 184 g/mol. The first kappa shape index (κ1) is 10.2. The van der Waals surface area contributed by atoms with Crippen LogP contribution in [0, 0.1) is 5.41 Å². The van der Waals surface area contributed by atoms with E-state index in [1.165, 1.54) is 0 Å². The molecule has 72 valence electrons. The number of alkyl halides is 2. The van der Waals surface area contributed by atoms with Crippen LogP contribution in [0.2, 0.25) is 0 Å². The Hall–Kier alpha value is -0.920. The van der Waals surface area contributed by atoms with E-state index in [2.05, 4.69) is 0 Å². The molecular weight excluding hydrogens is 170 g/mol. The van der Waals surface area contributed by atoms with Crippen molar-refractivity contribution in [2.24, 2.45) is 5.41 Å². The summed E-state index contributed by atoms with van der Waals surface area (Å²) in [6.07, 6.45) is 4.60. The van der Waals surface area contributed by atoms with E-state index in [0.717, 1.165) is 11.1 Å². The molecule has 0 fully saturated rings. The van der Waals surface area contributed by atoms with Crippen molar-refractivity contribution in [2.45, 2.75) is 27.2 Å². The maximum absolute atomic E-state index is 12.7. The van der Waals surface area contributed by atoms with E-state index in [0.29, 0.717) is 0 Å². The molecule has 13 heavy (non-hydrogen) atoms. The lowest BCUT2D eigenvalue weighted by atomic mass is 9.88. The Morgan fingerprint density at radius 3 is 1.77 bits per heavy atom. The molecule has 1 aliphatic carbocycles. The summed E-state index contributed by atoms with van der Waals surface area (Å²) in [6.45, 7) is 5.23. The van der Waals surface area contributed by atoms with Gasteiger partial charge in [0.15, 0.2) is 0 Å².